The Bertz CT molecular complexity index is 1620. The van der Waals surface area contributed by atoms with E-state index in [0.29, 0.717) is 25.1 Å². The van der Waals surface area contributed by atoms with E-state index in [1.165, 1.54) is 4.31 Å². The maximum Gasteiger partial charge on any atom is 0.303 e. The van der Waals surface area contributed by atoms with E-state index < -0.39 is 16.0 Å². The van der Waals surface area contributed by atoms with Gasteiger partial charge >= 0.3 is 5.97 Å². The van der Waals surface area contributed by atoms with Crippen molar-refractivity contribution >= 4 is 16.0 Å². The molecule has 10 heteroatoms. The van der Waals surface area contributed by atoms with E-state index in [1.54, 1.807) is 28.9 Å². The van der Waals surface area contributed by atoms with Gasteiger partial charge < -0.3 is 9.84 Å². The summed E-state index contributed by atoms with van der Waals surface area (Å²) < 4.78 is 36.3. The Balaban J connectivity index is 1.34. The standard InChI is InChI=1S/C31H34N4O5S/c1-22-12-13-25(16-27(22)20-35-18-23(2)40-29-10-6-7-11-30(29)41(35,38)39)26(17-31(36)37)14-15-28-21-34(33-32-28)19-24-8-4-3-5-9-24/h3-13,16,21,23,26H,14-15,17-20H2,1-2H3,(H,36,37). The average molecular weight is 575 g/mol. The van der Waals surface area contributed by atoms with Crippen LogP contribution in [0.2, 0.25) is 0 Å². The van der Waals surface area contributed by atoms with Crippen LogP contribution >= 0.6 is 0 Å². The van der Waals surface area contributed by atoms with Crippen LogP contribution in [-0.2, 0) is 34.3 Å². The summed E-state index contributed by atoms with van der Waals surface area (Å²) >= 11 is 0. The average Bonchev–Trinajstić information content (AvgIpc) is 3.36. The Labute approximate surface area is 240 Å². The van der Waals surface area contributed by atoms with Crippen molar-refractivity contribution in [2.75, 3.05) is 6.54 Å². The molecule has 2 unspecified atom stereocenters. The van der Waals surface area contributed by atoms with Gasteiger partial charge in [-0.2, -0.15) is 4.31 Å². The number of benzene rings is 3. The van der Waals surface area contributed by atoms with Gasteiger partial charge in [0.05, 0.1) is 25.2 Å². The Hall–Kier alpha value is -4.02. The first-order chi connectivity index (χ1) is 19.7. The summed E-state index contributed by atoms with van der Waals surface area (Å²) in [6.07, 6.45) is 2.67. The number of hydrogen-bond donors (Lipinski definition) is 1. The molecule has 1 aromatic heterocycles. The van der Waals surface area contributed by atoms with Crippen LogP contribution in [0.4, 0.5) is 0 Å². The second-order valence-corrected chi connectivity index (χ2v) is 12.5. The molecular weight excluding hydrogens is 540 g/mol. The van der Waals surface area contributed by atoms with Gasteiger partial charge in [0.2, 0.25) is 10.0 Å². The van der Waals surface area contributed by atoms with Crippen LogP contribution in [0.15, 0.2) is 83.9 Å². The zero-order valence-corrected chi connectivity index (χ0v) is 24.0. The molecule has 0 fully saturated rings. The quantitative estimate of drug-likeness (QED) is 0.289. The van der Waals surface area contributed by atoms with Crippen molar-refractivity contribution in [2.24, 2.45) is 0 Å². The normalized spacial score (nSPS) is 17.3. The van der Waals surface area contributed by atoms with Crippen LogP contribution in [0.25, 0.3) is 0 Å². The second-order valence-electron chi connectivity index (χ2n) is 10.6. The van der Waals surface area contributed by atoms with Crippen molar-refractivity contribution in [3.63, 3.8) is 0 Å². The molecular formula is C31H34N4O5S. The largest absolute Gasteiger partial charge is 0.488 e. The summed E-state index contributed by atoms with van der Waals surface area (Å²) in [5.41, 5.74) is 4.55. The van der Waals surface area contributed by atoms with Gasteiger partial charge in [-0.25, -0.2) is 13.1 Å². The van der Waals surface area contributed by atoms with Crippen LogP contribution in [0.3, 0.4) is 0 Å². The number of carboxylic acid groups (broad SMARTS) is 1. The first kappa shape index (κ1) is 28.5. The summed E-state index contributed by atoms with van der Waals surface area (Å²) in [5.74, 6) is -0.799. The van der Waals surface area contributed by atoms with Crippen molar-refractivity contribution in [1.82, 2.24) is 19.3 Å². The van der Waals surface area contributed by atoms with Crippen molar-refractivity contribution < 1.29 is 23.1 Å². The number of sulfonamides is 1. The van der Waals surface area contributed by atoms with Gasteiger partial charge in [0.1, 0.15) is 16.7 Å². The maximum absolute atomic E-state index is 13.6. The molecule has 0 saturated heterocycles. The highest BCUT2D eigenvalue weighted by Gasteiger charge is 2.33. The van der Waals surface area contributed by atoms with E-state index in [9.17, 15) is 18.3 Å². The van der Waals surface area contributed by atoms with E-state index in [1.807, 2.05) is 68.6 Å². The lowest BCUT2D eigenvalue weighted by molar-refractivity contribution is -0.137. The SMILES string of the molecule is Cc1ccc(C(CCc2cn(Cc3ccccc3)nn2)CC(=O)O)cc1CN1CC(C)Oc2ccccc2S1(=O)=O. The fourth-order valence-corrected chi connectivity index (χ4v) is 6.83. The van der Waals surface area contributed by atoms with Crippen molar-refractivity contribution in [3.8, 4) is 5.75 Å². The maximum atomic E-state index is 13.6. The zero-order chi connectivity index (χ0) is 29.0. The number of aryl methyl sites for hydroxylation is 2. The highest BCUT2D eigenvalue weighted by atomic mass is 32.2. The molecule has 0 spiro atoms. The molecule has 9 nitrogen and oxygen atoms in total. The lowest BCUT2D eigenvalue weighted by atomic mass is 9.88. The molecule has 0 bridgehead atoms. The van der Waals surface area contributed by atoms with E-state index >= 15 is 0 Å². The highest BCUT2D eigenvalue weighted by molar-refractivity contribution is 7.89. The number of nitrogens with zero attached hydrogens (tertiary/aromatic N) is 4. The van der Waals surface area contributed by atoms with Crippen LogP contribution in [0.5, 0.6) is 5.75 Å². The van der Waals surface area contributed by atoms with Gasteiger partial charge in [-0.05, 0) is 67.0 Å². The second kappa shape index (κ2) is 12.2. The number of aromatic nitrogens is 3. The molecule has 1 aliphatic rings. The molecule has 0 aliphatic carbocycles. The van der Waals surface area contributed by atoms with Gasteiger partial charge in [0.15, 0.2) is 0 Å². The minimum Gasteiger partial charge on any atom is -0.488 e. The monoisotopic (exact) mass is 574 g/mol. The summed E-state index contributed by atoms with van der Waals surface area (Å²) in [4.78, 5) is 12.0. The van der Waals surface area contributed by atoms with Crippen molar-refractivity contribution in [3.05, 3.63) is 107 Å². The van der Waals surface area contributed by atoms with Crippen molar-refractivity contribution in [2.45, 2.75) is 63.1 Å². The lowest BCUT2D eigenvalue weighted by Crippen LogP contribution is -2.35. The molecule has 41 heavy (non-hydrogen) atoms. The number of fused-ring (bicyclic) bond motifs is 1. The highest BCUT2D eigenvalue weighted by Crippen LogP contribution is 2.33. The predicted octanol–water partition coefficient (Wildman–Crippen LogP) is 4.80. The van der Waals surface area contributed by atoms with Crippen LogP contribution in [0.1, 0.15) is 53.6 Å². The molecule has 0 amide bonds. The zero-order valence-electron chi connectivity index (χ0n) is 23.2. The Morgan fingerprint density at radius 1 is 1.07 bits per heavy atom. The fraction of sp³-hybridized carbons (Fsp3) is 0.323. The molecule has 4 aromatic rings. The number of aliphatic carboxylic acids is 1. The summed E-state index contributed by atoms with van der Waals surface area (Å²) in [6, 6.07) is 22.5. The number of rotatable bonds is 10. The minimum atomic E-state index is -3.79. The van der Waals surface area contributed by atoms with Crippen LogP contribution < -0.4 is 4.74 Å². The van der Waals surface area contributed by atoms with E-state index in [4.69, 9.17) is 4.74 Å². The third-order valence-electron chi connectivity index (χ3n) is 7.39. The van der Waals surface area contributed by atoms with E-state index in [0.717, 1.165) is 27.9 Å². The molecule has 0 radical (unpaired) electrons. The smallest absolute Gasteiger partial charge is 0.303 e. The predicted molar refractivity (Wildman–Crippen MR) is 154 cm³/mol. The third-order valence-corrected chi connectivity index (χ3v) is 9.24. The number of carbonyl (C=O) groups is 1. The third kappa shape index (κ3) is 6.83. The molecule has 5 rings (SSSR count). The Morgan fingerprint density at radius 2 is 1.83 bits per heavy atom. The molecule has 1 N–H and O–H groups in total. The summed E-state index contributed by atoms with van der Waals surface area (Å²) in [7, 11) is -3.79. The molecule has 2 heterocycles. The van der Waals surface area contributed by atoms with Crippen molar-refractivity contribution in [1.29, 1.82) is 0 Å². The molecule has 214 valence electrons. The van der Waals surface area contributed by atoms with Gasteiger partial charge in [0.25, 0.3) is 0 Å². The molecule has 0 saturated carbocycles. The van der Waals surface area contributed by atoms with Crippen LogP contribution in [-0.4, -0.2) is 51.4 Å². The Kier molecular flexibility index (Phi) is 8.51. The lowest BCUT2D eigenvalue weighted by Gasteiger charge is -2.23. The first-order valence-corrected chi connectivity index (χ1v) is 15.1. The Morgan fingerprint density at radius 3 is 2.61 bits per heavy atom. The molecule has 3 aromatic carbocycles. The van der Waals surface area contributed by atoms with E-state index in [2.05, 4.69) is 10.3 Å². The minimum absolute atomic E-state index is 0.0408. The van der Waals surface area contributed by atoms with Gasteiger partial charge in [-0.15, -0.1) is 5.10 Å². The number of ether oxygens (including phenoxy) is 1. The first-order valence-electron chi connectivity index (χ1n) is 13.7. The summed E-state index contributed by atoms with van der Waals surface area (Å²) in [6.45, 7) is 4.78. The van der Waals surface area contributed by atoms with Gasteiger partial charge in [0, 0.05) is 12.7 Å². The number of hydrogen-bond acceptors (Lipinski definition) is 6. The molecule has 1 aliphatic heterocycles. The van der Waals surface area contributed by atoms with Gasteiger partial charge in [-0.3, -0.25) is 4.79 Å². The summed E-state index contributed by atoms with van der Waals surface area (Å²) in [5, 5.41) is 18.2. The fourth-order valence-electron chi connectivity index (χ4n) is 5.21. The molecule has 2 atom stereocenters. The number of para-hydroxylation sites is 1. The van der Waals surface area contributed by atoms with E-state index in [-0.39, 0.29) is 36.4 Å². The number of carboxylic acids is 1. The van der Waals surface area contributed by atoms with Gasteiger partial charge in [-0.1, -0.05) is 65.9 Å². The van der Waals surface area contributed by atoms with Crippen LogP contribution in [0, 0.1) is 6.92 Å². The topological polar surface area (TPSA) is 115 Å².